The summed E-state index contributed by atoms with van der Waals surface area (Å²) in [6.07, 6.45) is 0.827. The summed E-state index contributed by atoms with van der Waals surface area (Å²) < 4.78 is 5.09. The molecule has 1 aromatic carbocycles. The lowest BCUT2D eigenvalue weighted by molar-refractivity contribution is -0.143. The maximum atomic E-state index is 11.9. The van der Waals surface area contributed by atoms with Crippen molar-refractivity contribution in [2.75, 3.05) is 7.11 Å². The molecule has 2 N–H and O–H groups in total. The van der Waals surface area contributed by atoms with Crippen LogP contribution in [-0.4, -0.2) is 30.1 Å². The van der Waals surface area contributed by atoms with Gasteiger partial charge in [0.25, 0.3) is 0 Å². The summed E-state index contributed by atoms with van der Waals surface area (Å²) in [4.78, 5) is 23.1. The predicted molar refractivity (Wildman–Crippen MR) is 75.7 cm³/mol. The van der Waals surface area contributed by atoms with E-state index in [-0.39, 0.29) is 18.2 Å². The van der Waals surface area contributed by atoms with Gasteiger partial charge >= 0.3 is 5.97 Å². The number of methoxy groups -OCH3 is 1. The van der Waals surface area contributed by atoms with Crippen LogP contribution < -0.4 is 10.1 Å². The van der Waals surface area contributed by atoms with Crippen LogP contribution >= 0.6 is 0 Å². The summed E-state index contributed by atoms with van der Waals surface area (Å²) in [6.45, 7) is 3.71. The van der Waals surface area contributed by atoms with E-state index in [0.717, 1.165) is 5.56 Å². The Morgan fingerprint density at radius 2 is 2.10 bits per heavy atom. The van der Waals surface area contributed by atoms with Crippen molar-refractivity contribution in [2.45, 2.75) is 32.7 Å². The van der Waals surface area contributed by atoms with Gasteiger partial charge in [0, 0.05) is 0 Å². The number of ether oxygens (including phenoxy) is 1. The summed E-state index contributed by atoms with van der Waals surface area (Å²) >= 11 is 0. The molecule has 20 heavy (non-hydrogen) atoms. The molecule has 1 aromatic rings. The van der Waals surface area contributed by atoms with Crippen molar-refractivity contribution < 1.29 is 19.4 Å². The topological polar surface area (TPSA) is 75.6 Å². The van der Waals surface area contributed by atoms with Crippen molar-refractivity contribution >= 4 is 11.9 Å². The molecule has 5 nitrogen and oxygen atoms in total. The third kappa shape index (κ3) is 4.57. The van der Waals surface area contributed by atoms with Crippen LogP contribution in [0.15, 0.2) is 24.3 Å². The fraction of sp³-hybridized carbons (Fsp3) is 0.467. The van der Waals surface area contributed by atoms with Crippen LogP contribution in [0.4, 0.5) is 0 Å². The summed E-state index contributed by atoms with van der Waals surface area (Å²) in [5, 5.41) is 11.7. The zero-order chi connectivity index (χ0) is 15.1. The molecular weight excluding hydrogens is 258 g/mol. The number of carboxylic acid groups (broad SMARTS) is 1. The molecule has 0 aromatic heterocycles. The van der Waals surface area contributed by atoms with Crippen LogP contribution in [0.5, 0.6) is 5.75 Å². The number of carboxylic acids is 1. The highest BCUT2D eigenvalue weighted by Crippen LogP contribution is 2.13. The molecule has 0 radical (unpaired) electrons. The number of hydrogen-bond acceptors (Lipinski definition) is 3. The summed E-state index contributed by atoms with van der Waals surface area (Å²) in [5.74, 6) is -0.738. The van der Waals surface area contributed by atoms with E-state index in [9.17, 15) is 9.59 Å². The molecule has 2 atom stereocenters. The molecule has 1 amide bonds. The van der Waals surface area contributed by atoms with Gasteiger partial charge in [-0.25, -0.2) is 4.79 Å². The van der Waals surface area contributed by atoms with Crippen LogP contribution in [0.25, 0.3) is 0 Å². The number of hydrogen-bond donors (Lipinski definition) is 2. The fourth-order valence-electron chi connectivity index (χ4n) is 1.88. The standard InChI is InChI=1S/C15H21NO4/c1-4-10(2)14(15(18)19)16-13(17)9-11-6-5-7-12(8-11)20-3/h5-8,10,14H,4,9H2,1-3H3,(H,16,17)(H,18,19)/t10?,14-/m0/s1. The molecule has 0 bridgehead atoms. The lowest BCUT2D eigenvalue weighted by atomic mass is 9.99. The van der Waals surface area contributed by atoms with Gasteiger partial charge in [0.1, 0.15) is 11.8 Å². The lowest BCUT2D eigenvalue weighted by Crippen LogP contribution is -2.45. The maximum absolute atomic E-state index is 11.9. The van der Waals surface area contributed by atoms with Gasteiger partial charge in [-0.05, 0) is 23.6 Å². The molecule has 5 heteroatoms. The van der Waals surface area contributed by atoms with Crippen molar-refractivity contribution in [3.63, 3.8) is 0 Å². The predicted octanol–water partition coefficient (Wildman–Crippen LogP) is 1.85. The van der Waals surface area contributed by atoms with Crippen molar-refractivity contribution in [1.82, 2.24) is 5.32 Å². The number of carbonyl (C=O) groups is 2. The van der Waals surface area contributed by atoms with Gasteiger partial charge in [-0.15, -0.1) is 0 Å². The first-order valence-electron chi connectivity index (χ1n) is 6.63. The fourth-order valence-corrected chi connectivity index (χ4v) is 1.88. The molecule has 110 valence electrons. The normalized spacial score (nSPS) is 13.3. The molecule has 0 saturated heterocycles. The first-order valence-corrected chi connectivity index (χ1v) is 6.63. The van der Waals surface area contributed by atoms with Crippen molar-refractivity contribution in [1.29, 1.82) is 0 Å². The molecule has 0 spiro atoms. The smallest absolute Gasteiger partial charge is 0.326 e. The highest BCUT2D eigenvalue weighted by molar-refractivity contribution is 5.85. The van der Waals surface area contributed by atoms with E-state index in [1.165, 1.54) is 0 Å². The van der Waals surface area contributed by atoms with Gasteiger partial charge in [0.15, 0.2) is 0 Å². The van der Waals surface area contributed by atoms with E-state index in [4.69, 9.17) is 9.84 Å². The highest BCUT2D eigenvalue weighted by Gasteiger charge is 2.25. The Morgan fingerprint density at radius 3 is 2.65 bits per heavy atom. The molecule has 0 aliphatic heterocycles. The van der Waals surface area contributed by atoms with Crippen LogP contribution in [0, 0.1) is 5.92 Å². The van der Waals surface area contributed by atoms with E-state index < -0.39 is 12.0 Å². The number of amides is 1. The van der Waals surface area contributed by atoms with Crippen LogP contribution in [0.1, 0.15) is 25.8 Å². The molecule has 1 rings (SSSR count). The second-order valence-electron chi connectivity index (χ2n) is 4.80. The first kappa shape index (κ1) is 16.0. The second kappa shape index (κ2) is 7.53. The Morgan fingerprint density at radius 1 is 1.40 bits per heavy atom. The minimum atomic E-state index is -1.00. The number of carbonyl (C=O) groups excluding carboxylic acids is 1. The molecule has 0 aliphatic carbocycles. The SMILES string of the molecule is CCC(C)[C@H](NC(=O)Cc1cccc(OC)c1)C(=O)O. The van der Waals surface area contributed by atoms with Gasteiger partial charge in [0.2, 0.25) is 5.91 Å². The molecule has 1 unspecified atom stereocenters. The first-order chi connectivity index (χ1) is 9.47. The Bertz CT molecular complexity index is 473. The number of nitrogens with one attached hydrogen (secondary N) is 1. The van der Waals surface area contributed by atoms with E-state index in [0.29, 0.717) is 12.2 Å². The lowest BCUT2D eigenvalue weighted by Gasteiger charge is -2.20. The largest absolute Gasteiger partial charge is 0.497 e. The van der Waals surface area contributed by atoms with Crippen molar-refractivity contribution in [2.24, 2.45) is 5.92 Å². The van der Waals surface area contributed by atoms with E-state index in [1.807, 2.05) is 13.8 Å². The van der Waals surface area contributed by atoms with Crippen LogP contribution in [-0.2, 0) is 16.0 Å². The van der Waals surface area contributed by atoms with Crippen molar-refractivity contribution in [3.8, 4) is 5.75 Å². The van der Waals surface area contributed by atoms with Crippen molar-refractivity contribution in [3.05, 3.63) is 29.8 Å². The molecule has 0 fully saturated rings. The Hall–Kier alpha value is -2.04. The summed E-state index contributed by atoms with van der Waals surface area (Å²) in [7, 11) is 1.56. The van der Waals surface area contributed by atoms with Gasteiger partial charge in [-0.1, -0.05) is 32.4 Å². The zero-order valence-electron chi connectivity index (χ0n) is 12.1. The third-order valence-electron chi connectivity index (χ3n) is 3.29. The minimum Gasteiger partial charge on any atom is -0.497 e. The number of rotatable bonds is 7. The molecule has 0 aliphatic rings. The van der Waals surface area contributed by atoms with Crippen LogP contribution in [0.3, 0.4) is 0 Å². The monoisotopic (exact) mass is 279 g/mol. The number of aliphatic carboxylic acids is 1. The molecule has 0 heterocycles. The van der Waals surface area contributed by atoms with E-state index >= 15 is 0 Å². The molecule has 0 saturated carbocycles. The van der Waals surface area contributed by atoms with E-state index in [2.05, 4.69) is 5.32 Å². The average molecular weight is 279 g/mol. The van der Waals surface area contributed by atoms with Gasteiger partial charge < -0.3 is 15.2 Å². The highest BCUT2D eigenvalue weighted by atomic mass is 16.5. The summed E-state index contributed by atoms with van der Waals surface area (Å²) in [5.41, 5.74) is 0.787. The maximum Gasteiger partial charge on any atom is 0.326 e. The second-order valence-corrected chi connectivity index (χ2v) is 4.80. The van der Waals surface area contributed by atoms with Gasteiger partial charge in [-0.3, -0.25) is 4.79 Å². The minimum absolute atomic E-state index is 0.109. The summed E-state index contributed by atoms with van der Waals surface area (Å²) in [6, 6.07) is 6.31. The number of benzene rings is 1. The van der Waals surface area contributed by atoms with Crippen LogP contribution in [0.2, 0.25) is 0 Å². The van der Waals surface area contributed by atoms with E-state index in [1.54, 1.807) is 31.4 Å². The Labute approximate surface area is 118 Å². The van der Waals surface area contributed by atoms with Gasteiger partial charge in [-0.2, -0.15) is 0 Å². The Kier molecular flexibility index (Phi) is 6.03. The zero-order valence-corrected chi connectivity index (χ0v) is 12.1. The average Bonchev–Trinajstić information content (AvgIpc) is 2.43. The third-order valence-corrected chi connectivity index (χ3v) is 3.29. The molecular formula is C15H21NO4. The Balaban J connectivity index is 2.68. The quantitative estimate of drug-likeness (QED) is 0.798. The van der Waals surface area contributed by atoms with Gasteiger partial charge in [0.05, 0.1) is 13.5 Å².